The van der Waals surface area contributed by atoms with Crippen LogP contribution in [0.3, 0.4) is 0 Å². The lowest BCUT2D eigenvalue weighted by Gasteiger charge is -2.12. The molecule has 0 bridgehead atoms. The summed E-state index contributed by atoms with van der Waals surface area (Å²) in [5.41, 5.74) is 2.17. The van der Waals surface area contributed by atoms with Crippen LogP contribution in [0.2, 0.25) is 5.02 Å². The van der Waals surface area contributed by atoms with Gasteiger partial charge in [-0.3, -0.25) is 0 Å². The predicted molar refractivity (Wildman–Crippen MR) is 59.0 cm³/mol. The average molecular weight is 196 g/mol. The zero-order valence-corrected chi connectivity index (χ0v) is 8.73. The van der Waals surface area contributed by atoms with Crippen LogP contribution in [0.4, 0.5) is 0 Å². The molecule has 1 aromatic carbocycles. The van der Waals surface area contributed by atoms with Gasteiger partial charge in [-0.1, -0.05) is 36.4 Å². The molecule has 70 valence electrons. The van der Waals surface area contributed by atoms with E-state index in [1.54, 1.807) is 6.08 Å². The largest absolute Gasteiger partial charge is 0.313 e. The smallest absolute Gasteiger partial charge is 0.0459 e. The van der Waals surface area contributed by atoms with Crippen molar-refractivity contribution in [2.45, 2.75) is 13.0 Å². The summed E-state index contributed by atoms with van der Waals surface area (Å²) in [4.78, 5) is 0. The van der Waals surface area contributed by atoms with E-state index < -0.39 is 0 Å². The maximum absolute atomic E-state index is 6.09. The third-order valence-corrected chi connectivity index (χ3v) is 2.49. The first-order valence-corrected chi connectivity index (χ1v) is 4.66. The summed E-state index contributed by atoms with van der Waals surface area (Å²) in [5.74, 6) is 0. The number of hydrogen-bond acceptors (Lipinski definition) is 1. The minimum absolute atomic E-state index is 0.284. The summed E-state index contributed by atoms with van der Waals surface area (Å²) in [6.45, 7) is 5.77. The van der Waals surface area contributed by atoms with Gasteiger partial charge in [0.2, 0.25) is 0 Å². The van der Waals surface area contributed by atoms with Gasteiger partial charge in [0, 0.05) is 11.1 Å². The van der Waals surface area contributed by atoms with Gasteiger partial charge in [-0.25, -0.2) is 0 Å². The van der Waals surface area contributed by atoms with Crippen LogP contribution in [-0.4, -0.2) is 7.05 Å². The Morgan fingerprint density at radius 3 is 2.69 bits per heavy atom. The fraction of sp³-hybridized carbons (Fsp3) is 0.273. The summed E-state index contributed by atoms with van der Waals surface area (Å²) in [6, 6.07) is 6.26. The Morgan fingerprint density at radius 1 is 1.54 bits per heavy atom. The maximum atomic E-state index is 6.09. The summed E-state index contributed by atoms with van der Waals surface area (Å²) in [7, 11) is 1.92. The number of hydrogen-bond donors (Lipinski definition) is 1. The Labute approximate surface area is 84.4 Å². The standard InChI is InChI=1S/C11H14ClN/c1-4-9-5-6-10(8(2)13-3)11(12)7-9/h4-8,13H,1H2,2-3H3. The van der Waals surface area contributed by atoms with Crippen molar-refractivity contribution in [2.24, 2.45) is 0 Å². The Balaban J connectivity index is 3.04. The van der Waals surface area contributed by atoms with Crippen LogP contribution >= 0.6 is 11.6 Å². The highest BCUT2D eigenvalue weighted by Gasteiger charge is 2.06. The van der Waals surface area contributed by atoms with E-state index in [0.717, 1.165) is 16.1 Å². The molecule has 2 heteroatoms. The second-order valence-electron chi connectivity index (χ2n) is 3.00. The topological polar surface area (TPSA) is 12.0 Å². The van der Waals surface area contributed by atoms with Crippen LogP contribution in [0, 0.1) is 0 Å². The third kappa shape index (κ3) is 2.33. The van der Waals surface area contributed by atoms with Crippen LogP contribution in [-0.2, 0) is 0 Å². The molecule has 1 unspecified atom stereocenters. The Hall–Kier alpha value is -0.790. The molecule has 0 radical (unpaired) electrons. The monoisotopic (exact) mass is 195 g/mol. The highest BCUT2D eigenvalue weighted by Crippen LogP contribution is 2.23. The van der Waals surface area contributed by atoms with Crippen molar-refractivity contribution >= 4 is 17.7 Å². The summed E-state index contributed by atoms with van der Waals surface area (Å²) in [6.07, 6.45) is 1.79. The molecule has 0 spiro atoms. The van der Waals surface area contributed by atoms with Gasteiger partial charge in [0.25, 0.3) is 0 Å². The Kier molecular flexibility index (Phi) is 3.52. The van der Waals surface area contributed by atoms with Gasteiger partial charge in [-0.15, -0.1) is 0 Å². The third-order valence-electron chi connectivity index (χ3n) is 2.16. The van der Waals surface area contributed by atoms with Gasteiger partial charge in [-0.05, 0) is 31.2 Å². The molecule has 0 saturated heterocycles. The van der Waals surface area contributed by atoms with Crippen molar-refractivity contribution in [1.82, 2.24) is 5.32 Å². The van der Waals surface area contributed by atoms with Crippen LogP contribution in [0.15, 0.2) is 24.8 Å². The van der Waals surface area contributed by atoms with Crippen LogP contribution in [0.1, 0.15) is 24.1 Å². The molecule has 1 atom stereocenters. The quantitative estimate of drug-likeness (QED) is 0.781. The number of nitrogens with one attached hydrogen (secondary N) is 1. The normalized spacial score (nSPS) is 12.5. The zero-order valence-electron chi connectivity index (χ0n) is 7.97. The number of halogens is 1. The van der Waals surface area contributed by atoms with E-state index in [-0.39, 0.29) is 6.04 Å². The fourth-order valence-electron chi connectivity index (χ4n) is 1.18. The molecule has 13 heavy (non-hydrogen) atoms. The SMILES string of the molecule is C=Cc1ccc(C(C)NC)c(Cl)c1. The van der Waals surface area contributed by atoms with Gasteiger partial charge >= 0.3 is 0 Å². The van der Waals surface area contributed by atoms with E-state index in [1.807, 2.05) is 25.2 Å². The molecule has 0 aliphatic carbocycles. The molecule has 1 N–H and O–H groups in total. The van der Waals surface area contributed by atoms with Gasteiger partial charge < -0.3 is 5.32 Å². The van der Waals surface area contributed by atoms with E-state index in [1.165, 1.54) is 0 Å². The van der Waals surface area contributed by atoms with E-state index in [2.05, 4.69) is 18.8 Å². The molecule has 1 rings (SSSR count). The van der Waals surface area contributed by atoms with E-state index in [4.69, 9.17) is 11.6 Å². The van der Waals surface area contributed by atoms with Crippen LogP contribution in [0.5, 0.6) is 0 Å². The lowest BCUT2D eigenvalue weighted by Crippen LogP contribution is -2.12. The minimum Gasteiger partial charge on any atom is -0.313 e. The molecule has 0 heterocycles. The van der Waals surface area contributed by atoms with Crippen molar-refractivity contribution in [3.05, 3.63) is 40.9 Å². The first kappa shape index (κ1) is 10.3. The van der Waals surface area contributed by atoms with Gasteiger partial charge in [-0.2, -0.15) is 0 Å². The molecule has 0 fully saturated rings. The molecule has 0 aliphatic heterocycles. The van der Waals surface area contributed by atoms with Crippen molar-refractivity contribution in [3.8, 4) is 0 Å². The van der Waals surface area contributed by atoms with Crippen LogP contribution in [0.25, 0.3) is 6.08 Å². The highest BCUT2D eigenvalue weighted by molar-refractivity contribution is 6.31. The zero-order chi connectivity index (χ0) is 9.84. The van der Waals surface area contributed by atoms with Gasteiger partial charge in [0.15, 0.2) is 0 Å². The number of rotatable bonds is 3. The summed E-state index contributed by atoms with van der Waals surface area (Å²) >= 11 is 6.09. The fourth-order valence-corrected chi connectivity index (χ4v) is 1.53. The number of benzene rings is 1. The Morgan fingerprint density at radius 2 is 2.23 bits per heavy atom. The first-order valence-electron chi connectivity index (χ1n) is 4.28. The maximum Gasteiger partial charge on any atom is 0.0459 e. The molecular formula is C11H14ClN. The summed E-state index contributed by atoms with van der Waals surface area (Å²) in [5, 5.41) is 3.94. The molecule has 0 saturated carbocycles. The molecule has 1 nitrogen and oxygen atoms in total. The summed E-state index contributed by atoms with van der Waals surface area (Å²) < 4.78 is 0. The van der Waals surface area contributed by atoms with E-state index in [9.17, 15) is 0 Å². The lowest BCUT2D eigenvalue weighted by atomic mass is 10.1. The van der Waals surface area contributed by atoms with Crippen molar-refractivity contribution in [2.75, 3.05) is 7.05 Å². The Bertz CT molecular complexity index is 307. The predicted octanol–water partition coefficient (Wildman–Crippen LogP) is 3.26. The molecule has 0 aliphatic rings. The van der Waals surface area contributed by atoms with E-state index >= 15 is 0 Å². The molecule has 0 aromatic heterocycles. The second kappa shape index (κ2) is 4.45. The molecule has 0 amide bonds. The molecular weight excluding hydrogens is 182 g/mol. The van der Waals surface area contributed by atoms with E-state index in [0.29, 0.717) is 0 Å². The average Bonchev–Trinajstić information content (AvgIpc) is 2.16. The first-order chi connectivity index (χ1) is 6.19. The van der Waals surface area contributed by atoms with Crippen LogP contribution < -0.4 is 5.32 Å². The molecule has 1 aromatic rings. The van der Waals surface area contributed by atoms with Gasteiger partial charge in [0.1, 0.15) is 0 Å². The minimum atomic E-state index is 0.284. The highest BCUT2D eigenvalue weighted by atomic mass is 35.5. The van der Waals surface area contributed by atoms with Crippen molar-refractivity contribution < 1.29 is 0 Å². The van der Waals surface area contributed by atoms with Crippen molar-refractivity contribution in [1.29, 1.82) is 0 Å². The van der Waals surface area contributed by atoms with Gasteiger partial charge in [0.05, 0.1) is 0 Å². The second-order valence-corrected chi connectivity index (χ2v) is 3.40. The van der Waals surface area contributed by atoms with Crippen molar-refractivity contribution in [3.63, 3.8) is 0 Å². The lowest BCUT2D eigenvalue weighted by molar-refractivity contribution is 0.652.